The zero-order valence-corrected chi connectivity index (χ0v) is 10.4. The second-order valence-corrected chi connectivity index (χ2v) is 5.30. The van der Waals surface area contributed by atoms with E-state index in [2.05, 4.69) is 29.5 Å². The Balaban J connectivity index is 2.36. The van der Waals surface area contributed by atoms with E-state index in [1.54, 1.807) is 18.8 Å². The number of amidine groups is 1. The minimum Gasteiger partial charge on any atom is -0.360 e. The predicted octanol–water partition coefficient (Wildman–Crippen LogP) is 0.984. The Morgan fingerprint density at radius 3 is 3.00 bits per heavy atom. The van der Waals surface area contributed by atoms with E-state index in [1.165, 1.54) is 0 Å². The van der Waals surface area contributed by atoms with E-state index in [-0.39, 0.29) is 11.4 Å². The summed E-state index contributed by atoms with van der Waals surface area (Å²) in [7, 11) is 1.65. The first kappa shape index (κ1) is 12.4. The predicted molar refractivity (Wildman–Crippen MR) is 65.3 cm³/mol. The van der Waals surface area contributed by atoms with Gasteiger partial charge in [0.15, 0.2) is 5.17 Å². The van der Waals surface area contributed by atoms with Crippen molar-refractivity contribution in [2.75, 3.05) is 19.3 Å². The molecule has 2 N–H and O–H groups in total. The van der Waals surface area contributed by atoms with Gasteiger partial charge in [-0.05, 0) is 20.3 Å². The molecule has 0 aliphatic carbocycles. The van der Waals surface area contributed by atoms with Gasteiger partial charge in [0.2, 0.25) is 5.91 Å². The molecule has 0 unspecified atom stereocenters. The van der Waals surface area contributed by atoms with Gasteiger partial charge in [-0.25, -0.2) is 0 Å². The smallest absolute Gasteiger partial charge is 0.221 e. The van der Waals surface area contributed by atoms with Crippen molar-refractivity contribution in [2.45, 2.75) is 32.2 Å². The Kier molecular flexibility index (Phi) is 4.45. The van der Waals surface area contributed by atoms with Crippen molar-refractivity contribution in [1.82, 2.24) is 10.6 Å². The van der Waals surface area contributed by atoms with Gasteiger partial charge >= 0.3 is 0 Å². The number of nitrogens with one attached hydrogen (secondary N) is 2. The average molecular weight is 229 g/mol. The highest BCUT2D eigenvalue weighted by Gasteiger charge is 2.23. The van der Waals surface area contributed by atoms with E-state index in [1.807, 2.05) is 0 Å². The molecule has 0 atom stereocenters. The number of thioether (sulfide) groups is 1. The Bertz CT molecular complexity index is 263. The van der Waals surface area contributed by atoms with Crippen molar-refractivity contribution in [3.8, 4) is 0 Å². The maximum Gasteiger partial charge on any atom is 0.221 e. The number of aliphatic imine (C=N–C) groups is 1. The van der Waals surface area contributed by atoms with Crippen LogP contribution in [0.25, 0.3) is 0 Å². The zero-order chi connectivity index (χ0) is 11.3. The maximum atomic E-state index is 11.0. The molecule has 1 fully saturated rings. The summed E-state index contributed by atoms with van der Waals surface area (Å²) in [5, 5.41) is 6.92. The molecule has 4 nitrogen and oxygen atoms in total. The highest BCUT2D eigenvalue weighted by molar-refractivity contribution is 8.13. The molecule has 0 saturated carbocycles. The summed E-state index contributed by atoms with van der Waals surface area (Å²) >= 11 is 1.73. The lowest BCUT2D eigenvalue weighted by molar-refractivity contribution is -0.120. The molecule has 1 amide bonds. The van der Waals surface area contributed by atoms with Crippen LogP contribution < -0.4 is 10.6 Å². The van der Waals surface area contributed by atoms with Crippen LogP contribution in [-0.2, 0) is 4.79 Å². The molecule has 1 rings (SSSR count). The van der Waals surface area contributed by atoms with E-state index >= 15 is 0 Å². The van der Waals surface area contributed by atoms with Crippen molar-refractivity contribution in [3.63, 3.8) is 0 Å². The van der Waals surface area contributed by atoms with E-state index in [0.717, 1.165) is 17.3 Å². The number of hydrogen-bond donors (Lipinski definition) is 2. The molecule has 0 aromatic carbocycles. The van der Waals surface area contributed by atoms with Crippen LogP contribution in [-0.4, -0.2) is 36.0 Å². The SMILES string of the molecule is CNC(=O)CCN=C1NC(C)(C)CCS1. The minimum atomic E-state index is 0.0411. The molecule has 1 aliphatic heterocycles. The van der Waals surface area contributed by atoms with Crippen molar-refractivity contribution in [1.29, 1.82) is 0 Å². The molecule has 0 bridgehead atoms. The lowest BCUT2D eigenvalue weighted by atomic mass is 10.0. The number of rotatable bonds is 3. The normalized spacial score (nSPS) is 22.2. The van der Waals surface area contributed by atoms with Crippen LogP contribution in [0.15, 0.2) is 4.99 Å². The summed E-state index contributed by atoms with van der Waals surface area (Å²) in [6.07, 6.45) is 1.61. The number of nitrogens with zero attached hydrogens (tertiary/aromatic N) is 1. The summed E-state index contributed by atoms with van der Waals surface area (Å²) in [5.74, 6) is 1.14. The van der Waals surface area contributed by atoms with Crippen LogP contribution >= 0.6 is 11.8 Å². The summed E-state index contributed by atoms with van der Waals surface area (Å²) in [5.41, 5.74) is 0.136. The molecule has 1 aliphatic rings. The molecule has 0 radical (unpaired) electrons. The van der Waals surface area contributed by atoms with Gasteiger partial charge in [0.05, 0.1) is 6.54 Å². The Labute approximate surface area is 95.3 Å². The molecular formula is C10H19N3OS. The highest BCUT2D eigenvalue weighted by Crippen LogP contribution is 2.21. The van der Waals surface area contributed by atoms with Crippen LogP contribution in [0.4, 0.5) is 0 Å². The van der Waals surface area contributed by atoms with Gasteiger partial charge < -0.3 is 10.6 Å². The fraction of sp³-hybridized carbons (Fsp3) is 0.800. The largest absolute Gasteiger partial charge is 0.360 e. The second kappa shape index (κ2) is 5.39. The Morgan fingerprint density at radius 2 is 2.40 bits per heavy atom. The summed E-state index contributed by atoms with van der Waals surface area (Å²) < 4.78 is 0. The molecule has 0 aromatic rings. The molecule has 1 saturated heterocycles. The van der Waals surface area contributed by atoms with E-state index in [4.69, 9.17) is 0 Å². The van der Waals surface area contributed by atoms with Crippen molar-refractivity contribution < 1.29 is 4.79 Å². The van der Waals surface area contributed by atoms with Crippen molar-refractivity contribution in [3.05, 3.63) is 0 Å². The third-order valence-corrected chi connectivity index (χ3v) is 3.20. The number of amides is 1. The molecule has 0 spiro atoms. The summed E-state index contributed by atoms with van der Waals surface area (Å²) in [6.45, 7) is 4.90. The standard InChI is InChI=1S/C10H19N3OS/c1-10(2)5-7-15-9(13-10)12-6-4-8(14)11-3/h4-7H2,1-3H3,(H,11,14)(H,12,13). The van der Waals surface area contributed by atoms with Crippen LogP contribution in [0.1, 0.15) is 26.7 Å². The van der Waals surface area contributed by atoms with Gasteiger partial charge in [-0.15, -0.1) is 0 Å². The minimum absolute atomic E-state index is 0.0411. The number of carbonyl (C=O) groups is 1. The van der Waals surface area contributed by atoms with Gasteiger partial charge in [0, 0.05) is 24.8 Å². The van der Waals surface area contributed by atoms with E-state index < -0.39 is 0 Å². The third-order valence-electron chi connectivity index (χ3n) is 2.28. The first-order valence-corrected chi connectivity index (χ1v) is 6.18. The zero-order valence-electron chi connectivity index (χ0n) is 9.59. The summed E-state index contributed by atoms with van der Waals surface area (Å²) in [4.78, 5) is 15.3. The molecular weight excluding hydrogens is 210 g/mol. The average Bonchev–Trinajstić information content (AvgIpc) is 2.16. The quantitative estimate of drug-likeness (QED) is 0.758. The van der Waals surface area contributed by atoms with E-state index in [0.29, 0.717) is 13.0 Å². The topological polar surface area (TPSA) is 53.5 Å². The second-order valence-electron chi connectivity index (χ2n) is 4.22. The molecule has 86 valence electrons. The highest BCUT2D eigenvalue weighted by atomic mass is 32.2. The Hall–Kier alpha value is -0.710. The van der Waals surface area contributed by atoms with Crippen LogP contribution in [0.5, 0.6) is 0 Å². The van der Waals surface area contributed by atoms with Crippen molar-refractivity contribution >= 4 is 22.8 Å². The molecule has 1 heterocycles. The number of hydrogen-bond acceptors (Lipinski definition) is 3. The van der Waals surface area contributed by atoms with Gasteiger partial charge in [0.1, 0.15) is 0 Å². The lowest BCUT2D eigenvalue weighted by Gasteiger charge is -2.32. The van der Waals surface area contributed by atoms with Crippen LogP contribution in [0.3, 0.4) is 0 Å². The fourth-order valence-electron chi connectivity index (χ4n) is 1.26. The summed E-state index contributed by atoms with van der Waals surface area (Å²) in [6, 6.07) is 0. The molecule has 0 aromatic heterocycles. The monoisotopic (exact) mass is 229 g/mol. The maximum absolute atomic E-state index is 11.0. The lowest BCUT2D eigenvalue weighted by Crippen LogP contribution is -2.46. The van der Waals surface area contributed by atoms with Gasteiger partial charge in [-0.2, -0.15) is 0 Å². The van der Waals surface area contributed by atoms with Crippen LogP contribution in [0.2, 0.25) is 0 Å². The van der Waals surface area contributed by atoms with Gasteiger partial charge in [0.25, 0.3) is 0 Å². The molecule has 15 heavy (non-hydrogen) atoms. The Morgan fingerprint density at radius 1 is 1.67 bits per heavy atom. The number of carbonyl (C=O) groups excluding carboxylic acids is 1. The van der Waals surface area contributed by atoms with E-state index in [9.17, 15) is 4.79 Å². The first-order valence-electron chi connectivity index (χ1n) is 5.19. The fourth-order valence-corrected chi connectivity index (χ4v) is 2.60. The van der Waals surface area contributed by atoms with Gasteiger partial charge in [-0.3, -0.25) is 9.79 Å². The van der Waals surface area contributed by atoms with Gasteiger partial charge in [-0.1, -0.05) is 11.8 Å². The molecule has 5 heteroatoms. The first-order chi connectivity index (χ1) is 7.03. The third kappa shape index (κ3) is 4.55. The van der Waals surface area contributed by atoms with Crippen molar-refractivity contribution in [2.24, 2.45) is 4.99 Å². The van der Waals surface area contributed by atoms with Crippen LogP contribution in [0, 0.1) is 0 Å².